The fourth-order valence-corrected chi connectivity index (χ4v) is 6.43. The number of nitrogens with zero attached hydrogens (tertiary/aromatic N) is 1. The summed E-state index contributed by atoms with van der Waals surface area (Å²) >= 11 is 3.79. The summed E-state index contributed by atoms with van der Waals surface area (Å²) < 4.78 is 0. The van der Waals surface area contributed by atoms with Crippen LogP contribution in [-0.4, -0.2) is 35.0 Å². The molecule has 0 unspecified atom stereocenters. The van der Waals surface area contributed by atoms with Crippen LogP contribution in [0.2, 0.25) is 0 Å². The van der Waals surface area contributed by atoms with Crippen molar-refractivity contribution in [2.45, 2.75) is 195 Å². The van der Waals surface area contributed by atoms with Crippen molar-refractivity contribution in [3.05, 3.63) is 43.7 Å². The second kappa shape index (κ2) is 43.7. The fourth-order valence-electron chi connectivity index (χ4n) is 4.87. The number of allylic oxidation sites excluding steroid dienone is 2. The molecule has 0 aromatic carbocycles. The molecule has 0 aliphatic carbocycles. The van der Waals surface area contributed by atoms with Crippen LogP contribution in [-0.2, 0) is 0 Å². The van der Waals surface area contributed by atoms with Gasteiger partial charge >= 0.3 is 18.9 Å². The van der Waals surface area contributed by atoms with Crippen molar-refractivity contribution in [2.75, 3.05) is 18.1 Å². The Morgan fingerprint density at radius 1 is 0.500 bits per heavy atom. The van der Waals surface area contributed by atoms with E-state index in [-0.39, 0.29) is 18.9 Å². The monoisotopic (exact) mass is 646 g/mol. The molecule has 0 fully saturated rings. The van der Waals surface area contributed by atoms with E-state index in [1.54, 1.807) is 0 Å². The van der Waals surface area contributed by atoms with Crippen LogP contribution in [0.1, 0.15) is 183 Å². The SMILES string of the molecule is C=C(C[CH2-])SCCCCCCCCCCCC.C=C(C[CH2-])SCCCCCCCCCCCC.[CH2-]CN(C(C)C)C(C)C.[Li+]. The van der Waals surface area contributed by atoms with E-state index >= 15 is 0 Å². The maximum atomic E-state index is 3.96. The van der Waals surface area contributed by atoms with Gasteiger partial charge in [0.15, 0.2) is 0 Å². The number of hydrogen-bond acceptors (Lipinski definition) is 3. The van der Waals surface area contributed by atoms with Crippen LogP contribution in [0.15, 0.2) is 23.0 Å². The van der Waals surface area contributed by atoms with E-state index in [0.717, 1.165) is 19.4 Å². The van der Waals surface area contributed by atoms with Crippen LogP contribution in [0.4, 0.5) is 0 Å². The Morgan fingerprint density at radius 3 is 0.932 bits per heavy atom. The summed E-state index contributed by atoms with van der Waals surface area (Å²) in [5, 5.41) is 0. The van der Waals surface area contributed by atoms with Crippen molar-refractivity contribution < 1.29 is 18.9 Å². The number of hydrogen-bond donors (Lipinski definition) is 0. The van der Waals surface area contributed by atoms with Gasteiger partial charge in [0.25, 0.3) is 0 Å². The van der Waals surface area contributed by atoms with E-state index in [9.17, 15) is 0 Å². The van der Waals surface area contributed by atoms with Gasteiger partial charge in [-0.2, -0.15) is 12.8 Å². The summed E-state index contributed by atoms with van der Waals surface area (Å²) in [7, 11) is 0. The molecule has 0 radical (unpaired) electrons. The molecule has 260 valence electrons. The van der Waals surface area contributed by atoms with Crippen molar-refractivity contribution in [3.63, 3.8) is 0 Å². The summed E-state index contributed by atoms with van der Waals surface area (Å²) in [6.07, 6.45) is 30.1. The average molecular weight is 646 g/mol. The van der Waals surface area contributed by atoms with Gasteiger partial charge in [-0.15, -0.1) is 30.1 Å². The molecule has 4 heteroatoms. The van der Waals surface area contributed by atoms with Gasteiger partial charge in [0, 0.05) is 12.1 Å². The molecular formula is C40H80LiNS2-2. The molecule has 0 amide bonds. The molecule has 0 aliphatic rings. The van der Waals surface area contributed by atoms with E-state index in [2.05, 4.69) is 80.4 Å². The number of unbranched alkanes of at least 4 members (excludes halogenated alkanes) is 18. The molecule has 44 heavy (non-hydrogen) atoms. The van der Waals surface area contributed by atoms with Gasteiger partial charge in [-0.25, -0.2) is 0 Å². The molecule has 0 saturated carbocycles. The van der Waals surface area contributed by atoms with Crippen molar-refractivity contribution in [1.82, 2.24) is 4.90 Å². The van der Waals surface area contributed by atoms with Crippen LogP contribution < -0.4 is 18.9 Å². The summed E-state index contributed by atoms with van der Waals surface area (Å²) in [4.78, 5) is 4.82. The second-order valence-corrected chi connectivity index (χ2v) is 15.1. The summed E-state index contributed by atoms with van der Waals surface area (Å²) in [6.45, 7) is 33.7. The van der Waals surface area contributed by atoms with Gasteiger partial charge in [0.2, 0.25) is 0 Å². The van der Waals surface area contributed by atoms with Gasteiger partial charge in [-0.1, -0.05) is 152 Å². The molecular weight excluding hydrogens is 566 g/mol. The second-order valence-electron chi connectivity index (χ2n) is 12.6. The maximum absolute atomic E-state index is 3.96. The molecule has 0 heterocycles. The summed E-state index contributed by atoms with van der Waals surface area (Å²) in [5.41, 5.74) is 0. The molecule has 1 nitrogen and oxygen atoms in total. The first-order valence-corrected chi connectivity index (χ1v) is 20.4. The van der Waals surface area contributed by atoms with E-state index in [0.29, 0.717) is 12.1 Å². The maximum Gasteiger partial charge on any atom is 1.00 e. The first-order valence-electron chi connectivity index (χ1n) is 18.5. The molecule has 0 rings (SSSR count). The van der Waals surface area contributed by atoms with Crippen LogP contribution in [0.5, 0.6) is 0 Å². The quantitative estimate of drug-likeness (QED) is 0.0453. The molecule has 0 bridgehead atoms. The standard InChI is InChI=1S/2C16H31S.C8H18N.Li/c2*1-4-6-7-8-9-10-11-12-13-14-15-17-16(3)5-2;1-6-9(7(2)3)8(4)5;/h2*2-15H2,1H3;7-8H,1,6H2,2-5H3;/q3*-1;+1. The minimum Gasteiger partial charge on any atom is -0.339 e. The predicted octanol–water partition coefficient (Wildman–Crippen LogP) is 11.7. The first kappa shape index (κ1) is 51.6. The van der Waals surface area contributed by atoms with Crippen molar-refractivity contribution in [3.8, 4) is 0 Å². The summed E-state index contributed by atoms with van der Waals surface area (Å²) in [5.74, 6) is 2.48. The van der Waals surface area contributed by atoms with Crippen LogP contribution in [0.25, 0.3) is 0 Å². The molecule has 0 aliphatic heterocycles. The molecule has 0 saturated heterocycles. The van der Waals surface area contributed by atoms with Gasteiger partial charge < -0.3 is 25.7 Å². The Labute approximate surface area is 302 Å². The zero-order valence-electron chi connectivity index (χ0n) is 31.6. The van der Waals surface area contributed by atoms with E-state index < -0.39 is 0 Å². The van der Waals surface area contributed by atoms with E-state index in [4.69, 9.17) is 0 Å². The number of rotatable bonds is 29. The zero-order chi connectivity index (χ0) is 33.0. The van der Waals surface area contributed by atoms with E-state index in [1.165, 1.54) is 150 Å². The van der Waals surface area contributed by atoms with Crippen molar-refractivity contribution >= 4 is 23.5 Å². The topological polar surface area (TPSA) is 3.24 Å². The van der Waals surface area contributed by atoms with Gasteiger partial charge in [-0.05, 0) is 52.0 Å². The Kier molecular flexibility index (Phi) is 51.3. The minimum absolute atomic E-state index is 0. The Balaban J connectivity index is -0.000000283. The Hall–Kier alpha value is 0.737. The summed E-state index contributed by atoms with van der Waals surface area (Å²) in [6, 6.07) is 1.25. The smallest absolute Gasteiger partial charge is 0.339 e. The Morgan fingerprint density at radius 2 is 0.750 bits per heavy atom. The minimum atomic E-state index is 0. The molecule has 0 spiro atoms. The number of thioether (sulfide) groups is 2. The first-order chi connectivity index (χ1) is 20.7. The normalized spacial score (nSPS) is 10.7. The van der Waals surface area contributed by atoms with Crippen molar-refractivity contribution in [1.29, 1.82) is 0 Å². The van der Waals surface area contributed by atoms with Gasteiger partial charge in [-0.3, -0.25) is 0 Å². The average Bonchev–Trinajstić information content (AvgIpc) is 2.99. The van der Waals surface area contributed by atoms with Gasteiger partial charge in [0.05, 0.1) is 0 Å². The molecule has 0 aromatic rings. The van der Waals surface area contributed by atoms with Crippen LogP contribution >= 0.6 is 23.5 Å². The molecule has 0 N–H and O–H groups in total. The molecule has 0 atom stereocenters. The van der Waals surface area contributed by atoms with Crippen LogP contribution in [0.3, 0.4) is 0 Å². The molecule has 0 aromatic heterocycles. The third-order valence-electron chi connectivity index (χ3n) is 7.75. The van der Waals surface area contributed by atoms with Crippen molar-refractivity contribution in [2.24, 2.45) is 0 Å². The Bertz CT molecular complexity index is 503. The fraction of sp³-hybridized carbons (Fsp3) is 0.825. The van der Waals surface area contributed by atoms with Gasteiger partial charge in [0.1, 0.15) is 0 Å². The van der Waals surface area contributed by atoms with E-state index in [1.807, 2.05) is 23.5 Å². The zero-order valence-corrected chi connectivity index (χ0v) is 33.3. The third kappa shape index (κ3) is 44.9. The van der Waals surface area contributed by atoms with Crippen LogP contribution in [0, 0.1) is 20.8 Å². The predicted molar refractivity (Wildman–Crippen MR) is 209 cm³/mol. The third-order valence-corrected chi connectivity index (χ3v) is 9.96. The largest absolute Gasteiger partial charge is 1.00 e.